The lowest BCUT2D eigenvalue weighted by Gasteiger charge is -2.13. The van der Waals surface area contributed by atoms with Crippen molar-refractivity contribution in [3.63, 3.8) is 0 Å². The van der Waals surface area contributed by atoms with Crippen molar-refractivity contribution in [3.05, 3.63) is 29.8 Å². The molecule has 7 heteroatoms. The van der Waals surface area contributed by atoms with Crippen molar-refractivity contribution >= 4 is 33.2 Å². The Morgan fingerprint density at radius 1 is 1.39 bits per heavy atom. The van der Waals surface area contributed by atoms with E-state index in [1.807, 2.05) is 31.1 Å². The number of benzene rings is 1. The van der Waals surface area contributed by atoms with E-state index in [0.717, 1.165) is 17.0 Å². The van der Waals surface area contributed by atoms with Gasteiger partial charge in [-0.1, -0.05) is 17.4 Å². The molecule has 1 aromatic carbocycles. The lowest BCUT2D eigenvalue weighted by molar-refractivity contribution is 0.102. The summed E-state index contributed by atoms with van der Waals surface area (Å²) in [6.07, 6.45) is 0. The Kier molecular flexibility index (Phi) is 3.42. The Bertz CT molecular complexity index is 566. The van der Waals surface area contributed by atoms with Crippen LogP contribution in [0, 0.1) is 0 Å². The molecular formula is C11H13N5OS. The zero-order chi connectivity index (χ0) is 13.1. The standard InChI is InChI=1S/C11H13N5OS/c1-16(2)8-5-3-4-7(6-8)9(17)13-11-15-14-10(12)18-11/h3-6H,1-2H3,(H2,12,14)(H,13,15,17). The Balaban J connectivity index is 2.16. The van der Waals surface area contributed by atoms with Crippen LogP contribution in [0.3, 0.4) is 0 Å². The molecule has 0 aliphatic heterocycles. The molecule has 0 unspecified atom stereocenters. The smallest absolute Gasteiger partial charge is 0.257 e. The van der Waals surface area contributed by atoms with Crippen LogP contribution in [0.1, 0.15) is 10.4 Å². The topological polar surface area (TPSA) is 84.1 Å². The SMILES string of the molecule is CN(C)c1cccc(C(=O)Nc2nnc(N)s2)c1. The maximum Gasteiger partial charge on any atom is 0.257 e. The first-order valence-corrected chi connectivity index (χ1v) is 6.05. The summed E-state index contributed by atoms with van der Waals surface area (Å²) in [4.78, 5) is 13.9. The van der Waals surface area contributed by atoms with Gasteiger partial charge in [0.25, 0.3) is 5.91 Å². The molecule has 3 N–H and O–H groups in total. The highest BCUT2D eigenvalue weighted by Crippen LogP contribution is 2.18. The predicted octanol–water partition coefficient (Wildman–Crippen LogP) is 1.44. The zero-order valence-electron chi connectivity index (χ0n) is 10.0. The molecule has 0 bridgehead atoms. The molecule has 0 atom stereocenters. The van der Waals surface area contributed by atoms with Gasteiger partial charge in [-0.15, -0.1) is 10.2 Å². The van der Waals surface area contributed by atoms with E-state index in [1.165, 1.54) is 0 Å². The van der Waals surface area contributed by atoms with Crippen molar-refractivity contribution < 1.29 is 4.79 Å². The average molecular weight is 263 g/mol. The van der Waals surface area contributed by atoms with Crippen molar-refractivity contribution in [1.82, 2.24) is 10.2 Å². The van der Waals surface area contributed by atoms with Crippen LogP contribution in [-0.2, 0) is 0 Å². The van der Waals surface area contributed by atoms with Crippen LogP contribution in [0.2, 0.25) is 0 Å². The van der Waals surface area contributed by atoms with E-state index in [2.05, 4.69) is 15.5 Å². The van der Waals surface area contributed by atoms with Gasteiger partial charge in [-0.05, 0) is 18.2 Å². The van der Waals surface area contributed by atoms with Gasteiger partial charge < -0.3 is 10.6 Å². The Morgan fingerprint density at radius 2 is 2.17 bits per heavy atom. The molecular weight excluding hydrogens is 250 g/mol. The third-order valence-corrected chi connectivity index (χ3v) is 2.95. The summed E-state index contributed by atoms with van der Waals surface area (Å²) in [6, 6.07) is 7.31. The van der Waals surface area contributed by atoms with Crippen molar-refractivity contribution in [3.8, 4) is 0 Å². The largest absolute Gasteiger partial charge is 0.378 e. The highest BCUT2D eigenvalue weighted by Gasteiger charge is 2.10. The Hall–Kier alpha value is -2.15. The van der Waals surface area contributed by atoms with Crippen LogP contribution in [-0.4, -0.2) is 30.2 Å². The van der Waals surface area contributed by atoms with E-state index in [4.69, 9.17) is 5.73 Å². The first kappa shape index (κ1) is 12.3. The van der Waals surface area contributed by atoms with E-state index in [0.29, 0.717) is 15.8 Å². The van der Waals surface area contributed by atoms with Crippen molar-refractivity contribution in [2.24, 2.45) is 0 Å². The van der Waals surface area contributed by atoms with Gasteiger partial charge in [0.15, 0.2) is 0 Å². The number of carbonyl (C=O) groups is 1. The summed E-state index contributed by atoms with van der Waals surface area (Å²) >= 11 is 1.13. The fourth-order valence-electron chi connectivity index (χ4n) is 1.38. The predicted molar refractivity (Wildman–Crippen MR) is 73.0 cm³/mol. The second kappa shape index (κ2) is 5.01. The van der Waals surface area contributed by atoms with Crippen LogP contribution in [0.25, 0.3) is 0 Å². The van der Waals surface area contributed by atoms with Gasteiger partial charge in [-0.3, -0.25) is 10.1 Å². The van der Waals surface area contributed by atoms with Crippen molar-refractivity contribution in [2.45, 2.75) is 0 Å². The maximum atomic E-state index is 12.0. The zero-order valence-corrected chi connectivity index (χ0v) is 10.9. The highest BCUT2D eigenvalue weighted by molar-refractivity contribution is 7.19. The van der Waals surface area contributed by atoms with Crippen LogP contribution < -0.4 is 16.0 Å². The number of nitrogens with one attached hydrogen (secondary N) is 1. The normalized spacial score (nSPS) is 10.1. The quantitative estimate of drug-likeness (QED) is 0.875. The number of hydrogen-bond acceptors (Lipinski definition) is 6. The van der Waals surface area contributed by atoms with Gasteiger partial charge in [-0.2, -0.15) is 0 Å². The third kappa shape index (κ3) is 2.75. The second-order valence-electron chi connectivity index (χ2n) is 3.84. The molecule has 0 radical (unpaired) electrons. The summed E-state index contributed by atoms with van der Waals surface area (Å²) in [6.45, 7) is 0. The lowest BCUT2D eigenvalue weighted by Crippen LogP contribution is -2.14. The van der Waals surface area contributed by atoms with Gasteiger partial charge >= 0.3 is 0 Å². The molecule has 0 saturated carbocycles. The fourth-order valence-corrected chi connectivity index (χ4v) is 1.88. The number of nitrogens with two attached hydrogens (primary N) is 1. The van der Waals surface area contributed by atoms with Gasteiger partial charge in [0.2, 0.25) is 10.3 Å². The minimum absolute atomic E-state index is 0.227. The van der Waals surface area contributed by atoms with Gasteiger partial charge in [0.1, 0.15) is 0 Å². The molecule has 0 spiro atoms. The number of hydrogen-bond donors (Lipinski definition) is 2. The van der Waals surface area contributed by atoms with E-state index >= 15 is 0 Å². The summed E-state index contributed by atoms with van der Waals surface area (Å²) < 4.78 is 0. The van der Waals surface area contributed by atoms with Crippen LogP contribution in [0.15, 0.2) is 24.3 Å². The average Bonchev–Trinajstić information content (AvgIpc) is 2.75. The molecule has 1 heterocycles. The maximum absolute atomic E-state index is 12.0. The van der Waals surface area contributed by atoms with Crippen molar-refractivity contribution in [1.29, 1.82) is 0 Å². The van der Waals surface area contributed by atoms with Crippen LogP contribution in [0.4, 0.5) is 16.0 Å². The molecule has 1 amide bonds. The van der Waals surface area contributed by atoms with Gasteiger partial charge in [0, 0.05) is 25.3 Å². The Morgan fingerprint density at radius 3 is 2.78 bits per heavy atom. The molecule has 0 aliphatic rings. The molecule has 1 aromatic heterocycles. The molecule has 2 aromatic rings. The van der Waals surface area contributed by atoms with E-state index in [9.17, 15) is 4.79 Å². The number of carbonyl (C=O) groups excluding carboxylic acids is 1. The number of nitrogen functional groups attached to an aromatic ring is 1. The first-order chi connectivity index (χ1) is 8.56. The minimum atomic E-state index is -0.227. The molecule has 94 valence electrons. The fraction of sp³-hybridized carbons (Fsp3) is 0.182. The molecule has 0 saturated heterocycles. The number of nitrogens with zero attached hydrogens (tertiary/aromatic N) is 3. The summed E-state index contributed by atoms with van der Waals surface area (Å²) in [7, 11) is 3.84. The number of aromatic nitrogens is 2. The second-order valence-corrected chi connectivity index (χ2v) is 4.85. The monoisotopic (exact) mass is 263 g/mol. The van der Waals surface area contributed by atoms with Gasteiger partial charge in [-0.25, -0.2) is 0 Å². The lowest BCUT2D eigenvalue weighted by atomic mass is 10.2. The molecule has 18 heavy (non-hydrogen) atoms. The summed E-state index contributed by atoms with van der Waals surface area (Å²) in [5.74, 6) is -0.227. The molecule has 0 aliphatic carbocycles. The van der Waals surface area contributed by atoms with Crippen molar-refractivity contribution in [2.75, 3.05) is 30.0 Å². The molecule has 0 fully saturated rings. The number of amides is 1. The van der Waals surface area contributed by atoms with Crippen LogP contribution in [0.5, 0.6) is 0 Å². The first-order valence-electron chi connectivity index (χ1n) is 5.24. The minimum Gasteiger partial charge on any atom is -0.378 e. The molecule has 2 rings (SSSR count). The van der Waals surface area contributed by atoms with E-state index in [1.54, 1.807) is 12.1 Å². The van der Waals surface area contributed by atoms with E-state index in [-0.39, 0.29) is 5.91 Å². The summed E-state index contributed by atoms with van der Waals surface area (Å²) in [5, 5.41) is 10.7. The highest BCUT2D eigenvalue weighted by atomic mass is 32.1. The summed E-state index contributed by atoms with van der Waals surface area (Å²) in [5.41, 5.74) is 6.97. The third-order valence-electron chi connectivity index (χ3n) is 2.29. The number of rotatable bonds is 3. The van der Waals surface area contributed by atoms with Crippen LogP contribution >= 0.6 is 11.3 Å². The molecule has 6 nitrogen and oxygen atoms in total. The number of anilines is 3. The van der Waals surface area contributed by atoms with Gasteiger partial charge in [0.05, 0.1) is 0 Å². The van der Waals surface area contributed by atoms with E-state index < -0.39 is 0 Å². The Labute approximate surface area is 108 Å².